The molecule has 2 atom stereocenters. The number of amides is 3. The zero-order chi connectivity index (χ0) is 14.3. The molecule has 2 unspecified atom stereocenters. The highest BCUT2D eigenvalue weighted by Crippen LogP contribution is 2.23. The first-order valence-corrected chi connectivity index (χ1v) is 6.84. The Morgan fingerprint density at radius 3 is 2.26 bits per heavy atom. The first kappa shape index (κ1) is 15.5. The van der Waals surface area contributed by atoms with Gasteiger partial charge in [-0.1, -0.05) is 19.8 Å². The third kappa shape index (κ3) is 5.72. The minimum absolute atomic E-state index is 0.0994. The first-order valence-electron chi connectivity index (χ1n) is 6.84. The molecule has 1 aliphatic rings. The van der Waals surface area contributed by atoms with Gasteiger partial charge in [0.2, 0.25) is 5.91 Å². The third-order valence-electron chi connectivity index (χ3n) is 3.42. The second-order valence-electron chi connectivity index (χ2n) is 5.08. The molecule has 0 aromatic carbocycles. The second-order valence-corrected chi connectivity index (χ2v) is 5.08. The van der Waals surface area contributed by atoms with Crippen molar-refractivity contribution in [3.63, 3.8) is 0 Å². The summed E-state index contributed by atoms with van der Waals surface area (Å²) in [6.45, 7) is 4.08. The molecule has 3 N–H and O–H groups in total. The Morgan fingerprint density at radius 2 is 1.63 bits per heavy atom. The lowest BCUT2D eigenvalue weighted by Crippen LogP contribution is -2.48. The van der Waals surface area contributed by atoms with E-state index in [0.717, 1.165) is 19.3 Å². The van der Waals surface area contributed by atoms with Gasteiger partial charge in [0.05, 0.1) is 0 Å². The molecule has 6 heteroatoms. The molecule has 0 bridgehead atoms. The summed E-state index contributed by atoms with van der Waals surface area (Å²) in [5, 5.41) is 7.80. The van der Waals surface area contributed by atoms with Crippen LogP contribution in [0.15, 0.2) is 0 Å². The fraction of sp³-hybridized carbons (Fsp3) is 0.769. The molecule has 1 aliphatic carbocycles. The number of hydrogen-bond donors (Lipinski definition) is 3. The zero-order valence-corrected chi connectivity index (χ0v) is 11.6. The van der Waals surface area contributed by atoms with Crippen LogP contribution in [-0.4, -0.2) is 36.9 Å². The van der Waals surface area contributed by atoms with Crippen molar-refractivity contribution in [3.8, 4) is 0 Å². The predicted octanol–water partition coefficient (Wildman–Crippen LogP) is -0.0664. The molecule has 6 nitrogen and oxygen atoms in total. The van der Waals surface area contributed by atoms with Crippen LogP contribution in [0.25, 0.3) is 0 Å². The van der Waals surface area contributed by atoms with Crippen LogP contribution in [0.5, 0.6) is 0 Å². The number of carbonyl (C=O) groups is 3. The number of rotatable bonds is 4. The molecule has 0 saturated heterocycles. The molecule has 0 aromatic heterocycles. The summed E-state index contributed by atoms with van der Waals surface area (Å²) in [4.78, 5) is 33.8. The lowest BCUT2D eigenvalue weighted by atomic mass is 9.86. The highest BCUT2D eigenvalue weighted by Gasteiger charge is 2.25. The maximum atomic E-state index is 11.7. The minimum Gasteiger partial charge on any atom is -0.355 e. The maximum Gasteiger partial charge on any atom is 0.309 e. The quantitative estimate of drug-likeness (QED) is 0.493. The molecule has 1 saturated carbocycles. The van der Waals surface area contributed by atoms with E-state index in [4.69, 9.17) is 0 Å². The van der Waals surface area contributed by atoms with E-state index in [1.807, 2.05) is 0 Å². The van der Waals surface area contributed by atoms with Gasteiger partial charge in [0.1, 0.15) is 0 Å². The van der Waals surface area contributed by atoms with E-state index in [2.05, 4.69) is 22.9 Å². The Kier molecular flexibility index (Phi) is 6.32. The predicted molar refractivity (Wildman–Crippen MR) is 71.3 cm³/mol. The van der Waals surface area contributed by atoms with Crippen LogP contribution in [0.1, 0.15) is 39.5 Å². The highest BCUT2D eigenvalue weighted by molar-refractivity contribution is 6.35. The van der Waals surface area contributed by atoms with Gasteiger partial charge < -0.3 is 16.0 Å². The topological polar surface area (TPSA) is 87.3 Å². The fourth-order valence-electron chi connectivity index (χ4n) is 2.26. The van der Waals surface area contributed by atoms with Crippen LogP contribution in [0.4, 0.5) is 0 Å². The van der Waals surface area contributed by atoms with Crippen molar-refractivity contribution in [2.75, 3.05) is 13.1 Å². The molecule has 3 amide bonds. The van der Waals surface area contributed by atoms with Crippen LogP contribution in [0.2, 0.25) is 0 Å². The average molecular weight is 269 g/mol. The van der Waals surface area contributed by atoms with Gasteiger partial charge >= 0.3 is 11.8 Å². The smallest absolute Gasteiger partial charge is 0.309 e. The Hall–Kier alpha value is -1.59. The van der Waals surface area contributed by atoms with E-state index < -0.39 is 11.8 Å². The Balaban J connectivity index is 2.24. The lowest BCUT2D eigenvalue weighted by molar-refractivity contribution is -0.139. The zero-order valence-electron chi connectivity index (χ0n) is 11.6. The fourth-order valence-corrected chi connectivity index (χ4v) is 2.26. The van der Waals surface area contributed by atoms with E-state index in [1.165, 1.54) is 13.3 Å². The monoisotopic (exact) mass is 269 g/mol. The molecule has 108 valence electrons. The summed E-state index contributed by atoms with van der Waals surface area (Å²) in [6.07, 6.45) is 4.32. The summed E-state index contributed by atoms with van der Waals surface area (Å²) in [7, 11) is 0. The number of nitrogens with one attached hydrogen (secondary N) is 3. The van der Waals surface area contributed by atoms with Crippen LogP contribution in [0, 0.1) is 5.92 Å². The third-order valence-corrected chi connectivity index (χ3v) is 3.42. The van der Waals surface area contributed by atoms with Gasteiger partial charge in [-0.05, 0) is 18.8 Å². The highest BCUT2D eigenvalue weighted by atomic mass is 16.2. The van der Waals surface area contributed by atoms with Gasteiger partial charge in [0.25, 0.3) is 0 Å². The van der Waals surface area contributed by atoms with Crippen molar-refractivity contribution < 1.29 is 14.4 Å². The van der Waals surface area contributed by atoms with Crippen LogP contribution >= 0.6 is 0 Å². The molecular formula is C13H23N3O3. The standard InChI is InChI=1S/C13H23N3O3/c1-9-5-3-4-6-11(9)16-13(19)12(18)15-8-7-14-10(2)17/h9,11H,3-8H2,1-2H3,(H,14,17)(H,15,18)(H,16,19). The van der Waals surface area contributed by atoms with Crippen molar-refractivity contribution in [1.29, 1.82) is 0 Å². The van der Waals surface area contributed by atoms with Crippen molar-refractivity contribution >= 4 is 17.7 Å². The molecule has 1 fully saturated rings. The van der Waals surface area contributed by atoms with Crippen LogP contribution in [0.3, 0.4) is 0 Å². The van der Waals surface area contributed by atoms with Crippen molar-refractivity contribution in [3.05, 3.63) is 0 Å². The molecule has 19 heavy (non-hydrogen) atoms. The molecule has 1 rings (SSSR count). The summed E-state index contributed by atoms with van der Waals surface area (Å²) >= 11 is 0. The summed E-state index contributed by atoms with van der Waals surface area (Å²) in [5.74, 6) is -0.954. The minimum atomic E-state index is -0.636. The van der Waals surface area contributed by atoms with E-state index >= 15 is 0 Å². The molecule has 0 aliphatic heterocycles. The van der Waals surface area contributed by atoms with Crippen LogP contribution < -0.4 is 16.0 Å². The average Bonchev–Trinajstić information content (AvgIpc) is 2.36. The first-order chi connectivity index (χ1) is 9.00. The molecule has 0 heterocycles. The summed E-state index contributed by atoms with van der Waals surface area (Å²) in [5.41, 5.74) is 0. The van der Waals surface area contributed by atoms with Gasteiger partial charge in [0, 0.05) is 26.1 Å². The molecule has 0 radical (unpaired) electrons. The van der Waals surface area contributed by atoms with Crippen molar-refractivity contribution in [1.82, 2.24) is 16.0 Å². The van der Waals surface area contributed by atoms with Crippen LogP contribution in [-0.2, 0) is 14.4 Å². The van der Waals surface area contributed by atoms with Gasteiger partial charge in [-0.15, -0.1) is 0 Å². The Labute approximate surface area is 113 Å². The lowest BCUT2D eigenvalue weighted by Gasteiger charge is -2.29. The van der Waals surface area contributed by atoms with E-state index in [9.17, 15) is 14.4 Å². The van der Waals surface area contributed by atoms with Gasteiger partial charge in [-0.25, -0.2) is 0 Å². The Bertz CT molecular complexity index is 344. The number of carbonyl (C=O) groups excluding carboxylic acids is 3. The number of hydrogen-bond acceptors (Lipinski definition) is 3. The summed E-state index contributed by atoms with van der Waals surface area (Å²) < 4.78 is 0. The van der Waals surface area contributed by atoms with Gasteiger partial charge in [-0.2, -0.15) is 0 Å². The maximum absolute atomic E-state index is 11.7. The molecular weight excluding hydrogens is 246 g/mol. The second kappa shape index (κ2) is 7.76. The molecule has 0 spiro atoms. The van der Waals surface area contributed by atoms with E-state index in [1.54, 1.807) is 0 Å². The van der Waals surface area contributed by atoms with Gasteiger partial charge in [0.15, 0.2) is 0 Å². The van der Waals surface area contributed by atoms with Gasteiger partial charge in [-0.3, -0.25) is 14.4 Å². The van der Waals surface area contributed by atoms with E-state index in [0.29, 0.717) is 12.5 Å². The SMILES string of the molecule is CC(=O)NCCNC(=O)C(=O)NC1CCCCC1C. The van der Waals surface area contributed by atoms with Crippen molar-refractivity contribution in [2.45, 2.75) is 45.6 Å². The molecule has 0 aromatic rings. The summed E-state index contributed by atoms with van der Waals surface area (Å²) in [6, 6.07) is 0.0994. The normalized spacial score (nSPS) is 22.4. The van der Waals surface area contributed by atoms with Crippen molar-refractivity contribution in [2.24, 2.45) is 5.92 Å². The van der Waals surface area contributed by atoms with E-state index in [-0.39, 0.29) is 18.5 Å². The Morgan fingerprint density at radius 1 is 1.00 bits per heavy atom. The largest absolute Gasteiger partial charge is 0.355 e.